The van der Waals surface area contributed by atoms with Crippen LogP contribution in [0.4, 0.5) is 0 Å². The number of aromatic nitrogens is 1. The third kappa shape index (κ3) is 2.09. The Morgan fingerprint density at radius 2 is 2.29 bits per heavy atom. The largest absolute Gasteiger partial charge is 0.386 e. The molecule has 0 spiro atoms. The summed E-state index contributed by atoms with van der Waals surface area (Å²) in [6, 6.07) is 3.62. The standard InChI is InChI=1S/C10H14N2O2/c13-10(8-1-3-11-4-2-8)9-7-12-5-6-14-9/h1-4,9-10,12-13H,5-7H2/t9-,10+/m0/s1. The van der Waals surface area contributed by atoms with Gasteiger partial charge in [-0.3, -0.25) is 4.98 Å². The van der Waals surface area contributed by atoms with Crippen LogP contribution in [-0.2, 0) is 4.74 Å². The molecule has 0 saturated carbocycles. The number of nitrogens with zero attached hydrogens (tertiary/aromatic N) is 1. The molecule has 0 aliphatic carbocycles. The molecule has 2 atom stereocenters. The Morgan fingerprint density at radius 1 is 1.50 bits per heavy atom. The van der Waals surface area contributed by atoms with E-state index in [9.17, 15) is 5.11 Å². The van der Waals surface area contributed by atoms with Crippen molar-refractivity contribution in [1.29, 1.82) is 0 Å². The second kappa shape index (κ2) is 4.50. The van der Waals surface area contributed by atoms with Crippen molar-refractivity contribution in [3.8, 4) is 0 Å². The highest BCUT2D eigenvalue weighted by atomic mass is 16.5. The van der Waals surface area contributed by atoms with Gasteiger partial charge in [0.15, 0.2) is 0 Å². The summed E-state index contributed by atoms with van der Waals surface area (Å²) in [7, 11) is 0. The van der Waals surface area contributed by atoms with E-state index in [-0.39, 0.29) is 6.10 Å². The minimum atomic E-state index is -0.564. The molecule has 4 heteroatoms. The fourth-order valence-electron chi connectivity index (χ4n) is 1.56. The highest BCUT2D eigenvalue weighted by Crippen LogP contribution is 2.18. The second-order valence-electron chi connectivity index (χ2n) is 3.34. The van der Waals surface area contributed by atoms with Crippen LogP contribution in [-0.4, -0.2) is 35.9 Å². The van der Waals surface area contributed by atoms with Gasteiger partial charge in [-0.1, -0.05) is 0 Å². The quantitative estimate of drug-likeness (QED) is 0.701. The van der Waals surface area contributed by atoms with Crippen LogP contribution in [0.25, 0.3) is 0 Å². The molecule has 2 N–H and O–H groups in total. The number of hydrogen-bond acceptors (Lipinski definition) is 4. The van der Waals surface area contributed by atoms with Crippen LogP contribution < -0.4 is 5.32 Å². The molecule has 76 valence electrons. The van der Waals surface area contributed by atoms with Crippen molar-refractivity contribution in [2.24, 2.45) is 0 Å². The first kappa shape index (κ1) is 9.58. The number of morpholine rings is 1. The van der Waals surface area contributed by atoms with Crippen molar-refractivity contribution in [1.82, 2.24) is 10.3 Å². The van der Waals surface area contributed by atoms with Crippen LogP contribution in [0, 0.1) is 0 Å². The average molecular weight is 194 g/mol. The first-order valence-corrected chi connectivity index (χ1v) is 4.78. The number of aliphatic hydroxyl groups excluding tert-OH is 1. The van der Waals surface area contributed by atoms with Gasteiger partial charge in [-0.05, 0) is 17.7 Å². The zero-order valence-electron chi connectivity index (χ0n) is 7.89. The van der Waals surface area contributed by atoms with E-state index in [1.54, 1.807) is 12.4 Å². The molecule has 0 aromatic carbocycles. The van der Waals surface area contributed by atoms with E-state index in [0.29, 0.717) is 13.2 Å². The highest BCUT2D eigenvalue weighted by molar-refractivity contribution is 5.14. The Hall–Kier alpha value is -0.970. The third-order valence-electron chi connectivity index (χ3n) is 2.36. The number of rotatable bonds is 2. The SMILES string of the molecule is O[C@H](c1ccncc1)[C@@H]1CNCCO1. The fourth-order valence-corrected chi connectivity index (χ4v) is 1.56. The normalized spacial score (nSPS) is 24.5. The minimum absolute atomic E-state index is 0.147. The Balaban J connectivity index is 2.03. The van der Waals surface area contributed by atoms with Gasteiger partial charge in [0.1, 0.15) is 6.10 Å². The van der Waals surface area contributed by atoms with Gasteiger partial charge in [0.05, 0.1) is 12.7 Å². The van der Waals surface area contributed by atoms with E-state index >= 15 is 0 Å². The molecular formula is C10H14N2O2. The number of aliphatic hydroxyl groups is 1. The molecule has 14 heavy (non-hydrogen) atoms. The van der Waals surface area contributed by atoms with Crippen molar-refractivity contribution >= 4 is 0 Å². The van der Waals surface area contributed by atoms with Crippen molar-refractivity contribution in [2.75, 3.05) is 19.7 Å². The second-order valence-corrected chi connectivity index (χ2v) is 3.34. The molecule has 4 nitrogen and oxygen atoms in total. The summed E-state index contributed by atoms with van der Waals surface area (Å²) in [6.45, 7) is 2.22. The maximum atomic E-state index is 9.95. The Morgan fingerprint density at radius 3 is 2.93 bits per heavy atom. The maximum absolute atomic E-state index is 9.95. The average Bonchev–Trinajstić information content (AvgIpc) is 2.30. The molecule has 1 aliphatic rings. The third-order valence-corrected chi connectivity index (χ3v) is 2.36. The molecule has 1 aliphatic heterocycles. The number of pyridine rings is 1. The first-order valence-electron chi connectivity index (χ1n) is 4.78. The minimum Gasteiger partial charge on any atom is -0.386 e. The predicted octanol–water partition coefficient (Wildman–Crippen LogP) is 0.103. The van der Waals surface area contributed by atoms with E-state index < -0.39 is 6.10 Å². The van der Waals surface area contributed by atoms with Crippen molar-refractivity contribution in [3.63, 3.8) is 0 Å². The van der Waals surface area contributed by atoms with Gasteiger partial charge in [-0.25, -0.2) is 0 Å². The highest BCUT2D eigenvalue weighted by Gasteiger charge is 2.23. The summed E-state index contributed by atoms with van der Waals surface area (Å²) in [4.78, 5) is 3.91. The van der Waals surface area contributed by atoms with Gasteiger partial charge in [0.2, 0.25) is 0 Å². The summed E-state index contributed by atoms with van der Waals surface area (Å²) >= 11 is 0. The van der Waals surface area contributed by atoms with E-state index in [4.69, 9.17) is 4.74 Å². The van der Waals surface area contributed by atoms with E-state index in [2.05, 4.69) is 10.3 Å². The van der Waals surface area contributed by atoms with Crippen LogP contribution in [0.15, 0.2) is 24.5 Å². The summed E-state index contributed by atoms with van der Waals surface area (Å²) < 4.78 is 5.46. The topological polar surface area (TPSA) is 54.4 Å². The van der Waals surface area contributed by atoms with Gasteiger partial charge >= 0.3 is 0 Å². The lowest BCUT2D eigenvalue weighted by Crippen LogP contribution is -2.41. The monoisotopic (exact) mass is 194 g/mol. The molecule has 0 bridgehead atoms. The zero-order chi connectivity index (χ0) is 9.80. The van der Waals surface area contributed by atoms with Crippen LogP contribution in [0.2, 0.25) is 0 Å². The smallest absolute Gasteiger partial charge is 0.106 e. The lowest BCUT2D eigenvalue weighted by molar-refractivity contribution is -0.0536. The Kier molecular flexibility index (Phi) is 3.08. The molecule has 0 amide bonds. The van der Waals surface area contributed by atoms with Crippen molar-refractivity contribution in [3.05, 3.63) is 30.1 Å². The summed E-state index contributed by atoms with van der Waals surface area (Å²) in [5.74, 6) is 0. The molecule has 2 rings (SSSR count). The van der Waals surface area contributed by atoms with Gasteiger partial charge in [0, 0.05) is 25.5 Å². The van der Waals surface area contributed by atoms with Gasteiger partial charge in [-0.15, -0.1) is 0 Å². The lowest BCUT2D eigenvalue weighted by atomic mass is 10.1. The Labute approximate surface area is 82.9 Å². The van der Waals surface area contributed by atoms with E-state index in [0.717, 1.165) is 12.1 Å². The number of nitrogens with one attached hydrogen (secondary N) is 1. The first-order chi connectivity index (χ1) is 6.88. The zero-order valence-corrected chi connectivity index (χ0v) is 7.89. The molecule has 1 aromatic heterocycles. The van der Waals surface area contributed by atoms with Crippen LogP contribution >= 0.6 is 0 Å². The number of hydrogen-bond donors (Lipinski definition) is 2. The molecule has 1 saturated heterocycles. The van der Waals surface area contributed by atoms with Gasteiger partial charge in [-0.2, -0.15) is 0 Å². The number of ether oxygens (including phenoxy) is 1. The van der Waals surface area contributed by atoms with E-state index in [1.807, 2.05) is 12.1 Å². The summed E-state index contributed by atoms with van der Waals surface area (Å²) in [5, 5.41) is 13.1. The Bertz CT molecular complexity index is 273. The van der Waals surface area contributed by atoms with E-state index in [1.165, 1.54) is 0 Å². The van der Waals surface area contributed by atoms with Gasteiger partial charge < -0.3 is 15.2 Å². The van der Waals surface area contributed by atoms with Crippen molar-refractivity contribution < 1.29 is 9.84 Å². The fraction of sp³-hybridized carbons (Fsp3) is 0.500. The molecule has 1 fully saturated rings. The molecule has 0 radical (unpaired) electrons. The van der Waals surface area contributed by atoms with Gasteiger partial charge in [0.25, 0.3) is 0 Å². The van der Waals surface area contributed by atoms with Crippen LogP contribution in [0.3, 0.4) is 0 Å². The lowest BCUT2D eigenvalue weighted by Gasteiger charge is -2.27. The van der Waals surface area contributed by atoms with Crippen molar-refractivity contribution in [2.45, 2.75) is 12.2 Å². The molecular weight excluding hydrogens is 180 g/mol. The summed E-state index contributed by atoms with van der Waals surface area (Å²) in [5.41, 5.74) is 0.855. The molecule has 2 heterocycles. The summed E-state index contributed by atoms with van der Waals surface area (Å²) in [6.07, 6.45) is 2.64. The van der Waals surface area contributed by atoms with Crippen LogP contribution in [0.1, 0.15) is 11.7 Å². The van der Waals surface area contributed by atoms with Crippen LogP contribution in [0.5, 0.6) is 0 Å². The maximum Gasteiger partial charge on any atom is 0.106 e. The predicted molar refractivity (Wildman–Crippen MR) is 51.8 cm³/mol. The molecule has 0 unspecified atom stereocenters. The molecule has 1 aromatic rings.